The van der Waals surface area contributed by atoms with Gasteiger partial charge in [-0.2, -0.15) is 0 Å². The van der Waals surface area contributed by atoms with Crippen LogP contribution in [0.5, 0.6) is 0 Å². The van der Waals surface area contributed by atoms with Crippen LogP contribution in [0.3, 0.4) is 0 Å². The molecule has 1 heterocycles. The van der Waals surface area contributed by atoms with Crippen LogP contribution in [0.25, 0.3) is 0 Å². The molecule has 0 aromatic heterocycles. The highest BCUT2D eigenvalue weighted by Gasteiger charge is 2.23. The molecule has 26 heavy (non-hydrogen) atoms. The van der Waals surface area contributed by atoms with Crippen molar-refractivity contribution < 1.29 is 9.47 Å². The van der Waals surface area contributed by atoms with Gasteiger partial charge in [0.05, 0.1) is 18.8 Å². The number of benzene rings is 1. The molecule has 0 amide bonds. The van der Waals surface area contributed by atoms with Gasteiger partial charge in [-0.15, -0.1) is 0 Å². The first-order valence-electron chi connectivity index (χ1n) is 10.8. The summed E-state index contributed by atoms with van der Waals surface area (Å²) in [4.78, 5) is 0. The van der Waals surface area contributed by atoms with Gasteiger partial charge in [0.2, 0.25) is 0 Å². The van der Waals surface area contributed by atoms with E-state index in [1.165, 1.54) is 56.1 Å². The molecule has 3 rings (SSSR count). The van der Waals surface area contributed by atoms with Gasteiger partial charge in [-0.05, 0) is 68.9 Å². The minimum absolute atomic E-state index is 0.289. The second-order valence-electron chi connectivity index (χ2n) is 8.03. The number of hydrogen-bond acceptors (Lipinski definition) is 2. The van der Waals surface area contributed by atoms with Crippen LogP contribution in [-0.4, -0.2) is 19.3 Å². The normalized spacial score (nSPS) is 29.9. The zero-order valence-corrected chi connectivity index (χ0v) is 16.7. The fourth-order valence-electron chi connectivity index (χ4n) is 4.37. The molecule has 1 aliphatic carbocycles. The summed E-state index contributed by atoms with van der Waals surface area (Å²) in [5, 5.41) is 0. The second-order valence-corrected chi connectivity index (χ2v) is 8.03. The van der Waals surface area contributed by atoms with Gasteiger partial charge in [0.25, 0.3) is 0 Å². The summed E-state index contributed by atoms with van der Waals surface area (Å²) in [6, 6.07) is 9.07. The van der Waals surface area contributed by atoms with Crippen molar-refractivity contribution in [1.29, 1.82) is 0 Å². The van der Waals surface area contributed by atoms with Gasteiger partial charge in [-0.1, -0.05) is 49.8 Å². The molecule has 0 spiro atoms. The highest BCUT2D eigenvalue weighted by atomic mass is 16.5. The van der Waals surface area contributed by atoms with Crippen LogP contribution in [-0.2, 0) is 15.9 Å². The SMILES string of the molecule is CCCc1ccc(C2CCC(C=CC3CCC(OCC)CC3)CO2)cc1. The Bertz CT molecular complexity index is 532. The van der Waals surface area contributed by atoms with Gasteiger partial charge in [0, 0.05) is 12.5 Å². The third kappa shape index (κ3) is 5.69. The smallest absolute Gasteiger partial charge is 0.0825 e. The lowest BCUT2D eigenvalue weighted by Crippen LogP contribution is -2.22. The number of aryl methyl sites for hydroxylation is 1. The number of rotatable bonds is 7. The minimum Gasteiger partial charge on any atom is -0.379 e. The average molecular weight is 357 g/mol. The summed E-state index contributed by atoms with van der Waals surface area (Å²) in [6.45, 7) is 6.05. The van der Waals surface area contributed by atoms with Crippen LogP contribution < -0.4 is 0 Å². The lowest BCUT2D eigenvalue weighted by Gasteiger charge is -2.29. The van der Waals surface area contributed by atoms with Crippen LogP contribution in [0.4, 0.5) is 0 Å². The molecule has 2 unspecified atom stereocenters. The largest absolute Gasteiger partial charge is 0.379 e. The summed E-state index contributed by atoms with van der Waals surface area (Å²) >= 11 is 0. The van der Waals surface area contributed by atoms with E-state index in [4.69, 9.17) is 9.47 Å². The molecule has 2 heteroatoms. The van der Waals surface area contributed by atoms with E-state index in [0.29, 0.717) is 12.0 Å². The molecule has 1 saturated heterocycles. The molecule has 2 aliphatic rings. The number of ether oxygens (including phenoxy) is 2. The van der Waals surface area contributed by atoms with Crippen LogP contribution in [0.15, 0.2) is 36.4 Å². The van der Waals surface area contributed by atoms with Gasteiger partial charge >= 0.3 is 0 Å². The molecule has 1 aliphatic heterocycles. The minimum atomic E-state index is 0.289. The maximum absolute atomic E-state index is 6.19. The molecule has 1 saturated carbocycles. The lowest BCUT2D eigenvalue weighted by molar-refractivity contribution is -0.00549. The summed E-state index contributed by atoms with van der Waals surface area (Å²) in [5.41, 5.74) is 2.79. The Kier molecular flexibility index (Phi) is 7.76. The van der Waals surface area contributed by atoms with Gasteiger partial charge in [-0.3, -0.25) is 0 Å². The van der Waals surface area contributed by atoms with Crippen LogP contribution in [0.2, 0.25) is 0 Å². The van der Waals surface area contributed by atoms with Crippen LogP contribution >= 0.6 is 0 Å². The molecule has 0 N–H and O–H groups in total. The number of allylic oxidation sites excluding steroid dienone is 1. The summed E-state index contributed by atoms with van der Waals surface area (Å²) in [7, 11) is 0. The van der Waals surface area contributed by atoms with Crippen LogP contribution in [0.1, 0.15) is 76.0 Å². The van der Waals surface area contributed by atoms with Crippen molar-refractivity contribution >= 4 is 0 Å². The maximum atomic E-state index is 6.19. The topological polar surface area (TPSA) is 18.5 Å². The number of hydrogen-bond donors (Lipinski definition) is 0. The van der Waals surface area contributed by atoms with Gasteiger partial charge < -0.3 is 9.47 Å². The highest BCUT2D eigenvalue weighted by molar-refractivity contribution is 5.24. The van der Waals surface area contributed by atoms with Crippen molar-refractivity contribution in [3.63, 3.8) is 0 Å². The van der Waals surface area contributed by atoms with E-state index in [9.17, 15) is 0 Å². The first-order valence-corrected chi connectivity index (χ1v) is 10.8. The zero-order valence-electron chi connectivity index (χ0n) is 16.7. The molecule has 0 bridgehead atoms. The fraction of sp³-hybridized carbons (Fsp3) is 0.667. The Morgan fingerprint density at radius 3 is 2.23 bits per heavy atom. The van der Waals surface area contributed by atoms with E-state index in [2.05, 4.69) is 50.3 Å². The van der Waals surface area contributed by atoms with E-state index >= 15 is 0 Å². The third-order valence-electron chi connectivity index (χ3n) is 5.98. The predicted octanol–water partition coefficient (Wildman–Crippen LogP) is 6.26. The molecule has 1 aromatic carbocycles. The summed E-state index contributed by atoms with van der Waals surface area (Å²) in [5.74, 6) is 1.34. The van der Waals surface area contributed by atoms with E-state index in [1.807, 2.05) is 0 Å². The monoisotopic (exact) mass is 356 g/mol. The maximum Gasteiger partial charge on any atom is 0.0825 e. The zero-order chi connectivity index (χ0) is 18.2. The van der Waals surface area contributed by atoms with Crippen LogP contribution in [0, 0.1) is 11.8 Å². The molecule has 1 aromatic rings. The van der Waals surface area contributed by atoms with Crippen molar-refractivity contribution in [1.82, 2.24) is 0 Å². The highest BCUT2D eigenvalue weighted by Crippen LogP contribution is 2.33. The Morgan fingerprint density at radius 2 is 1.62 bits per heavy atom. The standard InChI is InChI=1S/C24H36O2/c1-3-5-19-8-13-22(14-9-19)24-17-12-21(18-26-24)7-6-20-10-15-23(16-11-20)25-4-2/h6-9,13-14,20-21,23-24H,3-5,10-12,15-18H2,1-2H3. The van der Waals surface area contributed by atoms with Gasteiger partial charge in [0.15, 0.2) is 0 Å². The lowest BCUT2D eigenvalue weighted by atomic mass is 9.85. The molecule has 2 nitrogen and oxygen atoms in total. The Hall–Kier alpha value is -1.12. The fourth-order valence-corrected chi connectivity index (χ4v) is 4.37. The first-order chi connectivity index (χ1) is 12.8. The Balaban J connectivity index is 1.41. The van der Waals surface area contributed by atoms with Crippen molar-refractivity contribution in [2.75, 3.05) is 13.2 Å². The van der Waals surface area contributed by atoms with E-state index in [0.717, 1.165) is 25.6 Å². The predicted molar refractivity (Wildman–Crippen MR) is 108 cm³/mol. The van der Waals surface area contributed by atoms with Crippen molar-refractivity contribution in [2.45, 2.75) is 77.4 Å². The Labute approximate surface area is 160 Å². The van der Waals surface area contributed by atoms with Gasteiger partial charge in [-0.25, -0.2) is 0 Å². The van der Waals surface area contributed by atoms with E-state index < -0.39 is 0 Å². The molecule has 2 fully saturated rings. The molecular formula is C24H36O2. The second kappa shape index (κ2) is 10.3. The summed E-state index contributed by atoms with van der Waals surface area (Å²) in [6.07, 6.45) is 15.5. The van der Waals surface area contributed by atoms with Crippen molar-refractivity contribution in [3.05, 3.63) is 47.5 Å². The van der Waals surface area contributed by atoms with Crippen molar-refractivity contribution in [2.24, 2.45) is 11.8 Å². The molecule has 0 radical (unpaired) electrons. The molecular weight excluding hydrogens is 320 g/mol. The summed E-state index contributed by atoms with van der Waals surface area (Å²) < 4.78 is 12.0. The molecule has 2 atom stereocenters. The van der Waals surface area contributed by atoms with E-state index in [1.54, 1.807) is 0 Å². The Morgan fingerprint density at radius 1 is 0.923 bits per heavy atom. The third-order valence-corrected chi connectivity index (χ3v) is 5.98. The van der Waals surface area contributed by atoms with E-state index in [-0.39, 0.29) is 6.10 Å². The van der Waals surface area contributed by atoms with Gasteiger partial charge in [0.1, 0.15) is 0 Å². The quantitative estimate of drug-likeness (QED) is 0.537. The molecule has 144 valence electrons. The van der Waals surface area contributed by atoms with Crippen molar-refractivity contribution in [3.8, 4) is 0 Å². The first kappa shape index (κ1) is 19.6. The average Bonchev–Trinajstić information content (AvgIpc) is 2.69.